The number of likely N-dealkylation sites (N-methyl/N-ethyl adjacent to an activating group) is 1. The number of aliphatic carboxylic acids is 1. The second-order valence-corrected chi connectivity index (χ2v) is 8.55. The number of alkyl halides is 2. The second kappa shape index (κ2) is 10.9. The molecule has 0 saturated carbocycles. The number of nitrogens with zero attached hydrogens (tertiary/aromatic N) is 1. The molecule has 0 aliphatic rings. The van der Waals surface area contributed by atoms with Crippen molar-refractivity contribution < 1.29 is 46.1 Å². The van der Waals surface area contributed by atoms with Crippen LogP contribution in [0.15, 0.2) is 47.4 Å². The van der Waals surface area contributed by atoms with Crippen molar-refractivity contribution in [3.05, 3.63) is 53.6 Å². The molecule has 0 heterocycles. The Balaban J connectivity index is 2.25. The molecule has 0 aliphatic carbocycles. The van der Waals surface area contributed by atoms with E-state index in [1.165, 1.54) is 62.8 Å². The van der Waals surface area contributed by atoms with Crippen molar-refractivity contribution in [2.45, 2.75) is 11.5 Å². The third kappa shape index (κ3) is 6.49. The van der Waals surface area contributed by atoms with Gasteiger partial charge in [-0.15, -0.1) is 0 Å². The molecule has 0 spiro atoms. The number of methoxy groups -OCH3 is 2. The van der Waals surface area contributed by atoms with Crippen LogP contribution in [0, 0.1) is 0 Å². The molecule has 0 saturated heterocycles. The Bertz CT molecular complexity index is 1120. The molecule has 0 amide bonds. The van der Waals surface area contributed by atoms with Crippen molar-refractivity contribution in [3.63, 3.8) is 0 Å². The van der Waals surface area contributed by atoms with Gasteiger partial charge in [0.15, 0.2) is 17.3 Å². The Morgan fingerprint density at radius 2 is 1.64 bits per heavy atom. The van der Waals surface area contributed by atoms with Gasteiger partial charge in [0, 0.05) is 12.6 Å². The summed E-state index contributed by atoms with van der Waals surface area (Å²) < 4.78 is 65.2. The van der Waals surface area contributed by atoms with Gasteiger partial charge in [0.1, 0.15) is 6.54 Å². The first-order chi connectivity index (χ1) is 15.5. The minimum absolute atomic E-state index is 0.0261. The number of sulfonamides is 1. The Morgan fingerprint density at radius 1 is 1.09 bits per heavy atom. The number of ether oxygens (including phenoxy) is 3. The first-order valence-electron chi connectivity index (χ1n) is 9.21. The van der Waals surface area contributed by atoms with Crippen LogP contribution >= 0.6 is 0 Å². The summed E-state index contributed by atoms with van der Waals surface area (Å²) in [6.45, 7) is -3.80. The summed E-state index contributed by atoms with van der Waals surface area (Å²) in [5.74, 6) is -2.12. The van der Waals surface area contributed by atoms with Crippen molar-refractivity contribution in [3.8, 4) is 17.2 Å². The minimum Gasteiger partial charge on any atom is -0.493 e. The van der Waals surface area contributed by atoms with Crippen molar-refractivity contribution in [2.75, 3.05) is 27.8 Å². The second-order valence-electron chi connectivity index (χ2n) is 6.51. The number of allylic oxidation sites excluding steroid dienone is 1. The molecule has 0 atom stereocenters. The Morgan fingerprint density at radius 3 is 2.09 bits per heavy atom. The smallest absolute Gasteiger partial charge is 0.387 e. The number of carboxylic acids is 1. The maximum atomic E-state index is 12.6. The molecule has 1 N–H and O–H groups in total. The van der Waals surface area contributed by atoms with Gasteiger partial charge in [-0.2, -0.15) is 13.1 Å². The highest BCUT2D eigenvalue weighted by Gasteiger charge is 2.23. The molecule has 9 nitrogen and oxygen atoms in total. The van der Waals surface area contributed by atoms with Gasteiger partial charge < -0.3 is 19.3 Å². The molecular weight excluding hydrogens is 464 g/mol. The van der Waals surface area contributed by atoms with E-state index in [1.54, 1.807) is 0 Å². The zero-order valence-corrected chi connectivity index (χ0v) is 18.6. The molecule has 0 bridgehead atoms. The first kappa shape index (κ1) is 25.7. The lowest BCUT2D eigenvalue weighted by Gasteiger charge is -2.15. The Labute approximate surface area is 188 Å². The van der Waals surface area contributed by atoms with E-state index in [-0.39, 0.29) is 27.7 Å². The van der Waals surface area contributed by atoms with Crippen molar-refractivity contribution in [1.82, 2.24) is 4.31 Å². The number of ketones is 1. The fourth-order valence-electron chi connectivity index (χ4n) is 2.72. The summed E-state index contributed by atoms with van der Waals surface area (Å²) in [6, 6.07) is 7.70. The molecule has 0 unspecified atom stereocenters. The van der Waals surface area contributed by atoms with Crippen LogP contribution in [0.5, 0.6) is 17.2 Å². The Hall–Kier alpha value is -3.51. The molecule has 178 valence electrons. The number of rotatable bonds is 11. The molecule has 2 aromatic carbocycles. The van der Waals surface area contributed by atoms with Gasteiger partial charge in [0.2, 0.25) is 15.8 Å². The minimum atomic E-state index is -4.03. The fourth-order valence-corrected chi connectivity index (χ4v) is 3.84. The summed E-state index contributed by atoms with van der Waals surface area (Å²) >= 11 is 0. The normalized spacial score (nSPS) is 11.7. The van der Waals surface area contributed by atoms with E-state index < -0.39 is 34.9 Å². The maximum absolute atomic E-state index is 12.6. The van der Waals surface area contributed by atoms with E-state index in [1.807, 2.05) is 0 Å². The van der Waals surface area contributed by atoms with Crippen LogP contribution in [-0.2, 0) is 14.8 Å². The SMILES string of the molecule is COc1cc(/C=C/C(=O)c2ccc(S(=O)(=O)N(C)CC(=O)O)cc2)cc(OC)c1OC(F)F. The van der Waals surface area contributed by atoms with Crippen molar-refractivity contribution in [2.24, 2.45) is 0 Å². The van der Waals surface area contributed by atoms with Gasteiger partial charge in [-0.1, -0.05) is 6.08 Å². The van der Waals surface area contributed by atoms with Gasteiger partial charge >= 0.3 is 12.6 Å². The average molecular weight is 485 g/mol. The van der Waals surface area contributed by atoms with E-state index in [2.05, 4.69) is 4.74 Å². The lowest BCUT2D eigenvalue weighted by Crippen LogP contribution is -2.32. The predicted molar refractivity (Wildman–Crippen MR) is 113 cm³/mol. The molecule has 12 heteroatoms. The van der Waals surface area contributed by atoms with Gasteiger partial charge in [-0.05, 0) is 48.0 Å². The van der Waals surface area contributed by atoms with Gasteiger partial charge in [-0.25, -0.2) is 8.42 Å². The van der Waals surface area contributed by atoms with Crippen molar-refractivity contribution in [1.29, 1.82) is 0 Å². The maximum Gasteiger partial charge on any atom is 0.387 e. The summed E-state index contributed by atoms with van der Waals surface area (Å²) in [4.78, 5) is 23.1. The van der Waals surface area contributed by atoms with E-state index in [4.69, 9.17) is 14.6 Å². The predicted octanol–water partition coefficient (Wildman–Crippen LogP) is 2.91. The molecule has 0 fully saturated rings. The molecule has 33 heavy (non-hydrogen) atoms. The van der Waals surface area contributed by atoms with Crippen LogP contribution in [0.25, 0.3) is 6.08 Å². The number of carbonyl (C=O) groups is 2. The number of hydrogen-bond donors (Lipinski definition) is 1. The lowest BCUT2D eigenvalue weighted by molar-refractivity contribution is -0.137. The number of halogens is 2. The van der Waals surface area contributed by atoms with E-state index in [0.29, 0.717) is 9.87 Å². The lowest BCUT2D eigenvalue weighted by atomic mass is 10.1. The topological polar surface area (TPSA) is 119 Å². The molecule has 2 aromatic rings. The van der Waals surface area contributed by atoms with E-state index in [0.717, 1.165) is 7.05 Å². The zero-order valence-electron chi connectivity index (χ0n) is 17.8. The monoisotopic (exact) mass is 485 g/mol. The quantitative estimate of drug-likeness (QED) is 0.381. The highest BCUT2D eigenvalue weighted by atomic mass is 32.2. The summed E-state index contributed by atoms with van der Waals surface area (Å²) in [6.07, 6.45) is 2.59. The fraction of sp³-hybridized carbons (Fsp3) is 0.238. The van der Waals surface area contributed by atoms with Gasteiger partial charge in [0.05, 0.1) is 19.1 Å². The highest BCUT2D eigenvalue weighted by molar-refractivity contribution is 7.89. The summed E-state index contributed by atoms with van der Waals surface area (Å²) in [5.41, 5.74) is 0.566. The third-order valence-corrected chi connectivity index (χ3v) is 6.14. The highest BCUT2D eigenvalue weighted by Crippen LogP contribution is 2.39. The van der Waals surface area contributed by atoms with Gasteiger partial charge in [0.25, 0.3) is 0 Å². The largest absolute Gasteiger partial charge is 0.493 e. The third-order valence-electron chi connectivity index (χ3n) is 4.32. The van der Waals surface area contributed by atoms with Crippen LogP contribution in [0.1, 0.15) is 15.9 Å². The zero-order chi connectivity index (χ0) is 24.8. The molecule has 0 radical (unpaired) electrons. The standard InChI is InChI=1S/C21H21F2NO8S/c1-24(12-19(26)27)33(28,29)15-7-5-14(6-8-15)16(25)9-4-13-10-17(30-2)20(32-21(22)23)18(11-13)31-3/h4-11,21H,12H2,1-3H3,(H,26,27)/b9-4+. The molecule has 0 aliphatic heterocycles. The Kier molecular flexibility index (Phi) is 8.49. The van der Waals surface area contributed by atoms with Crippen molar-refractivity contribution >= 4 is 27.9 Å². The first-order valence-corrected chi connectivity index (χ1v) is 10.6. The van der Waals surface area contributed by atoms with Crippen LogP contribution < -0.4 is 14.2 Å². The number of benzene rings is 2. The average Bonchev–Trinajstić information content (AvgIpc) is 2.77. The summed E-state index contributed by atoms with van der Waals surface area (Å²) in [7, 11) is -0.381. The van der Waals surface area contributed by atoms with Gasteiger partial charge in [-0.3, -0.25) is 9.59 Å². The van der Waals surface area contributed by atoms with Crippen LogP contribution in [0.4, 0.5) is 8.78 Å². The number of carboxylic acid groups (broad SMARTS) is 1. The number of hydrogen-bond acceptors (Lipinski definition) is 7. The van der Waals surface area contributed by atoms with E-state index >= 15 is 0 Å². The van der Waals surface area contributed by atoms with Crippen LogP contribution in [0.2, 0.25) is 0 Å². The summed E-state index contributed by atoms with van der Waals surface area (Å²) in [5, 5.41) is 8.77. The number of carbonyl (C=O) groups excluding carboxylic acids is 1. The molecule has 0 aromatic heterocycles. The molecular formula is C21H21F2NO8S. The van der Waals surface area contributed by atoms with Crippen LogP contribution in [0.3, 0.4) is 0 Å². The van der Waals surface area contributed by atoms with E-state index in [9.17, 15) is 26.8 Å². The molecule has 2 rings (SSSR count). The van der Waals surface area contributed by atoms with Crippen LogP contribution in [-0.4, -0.2) is 64.0 Å².